The van der Waals surface area contributed by atoms with Gasteiger partial charge in [0.05, 0.1) is 0 Å². The molecule has 3 N–H and O–H groups in total. The second kappa shape index (κ2) is 8.72. The van der Waals surface area contributed by atoms with Gasteiger partial charge in [0, 0.05) is 5.54 Å². The van der Waals surface area contributed by atoms with Gasteiger partial charge < -0.3 is 10.1 Å². The third-order valence-electron chi connectivity index (χ3n) is 2.64. The smallest absolute Gasteiger partial charge is 0.321 e. The van der Waals surface area contributed by atoms with Crippen LogP contribution >= 0.6 is 0 Å². The Bertz CT molecular complexity index is 789. The highest BCUT2D eigenvalue weighted by Crippen LogP contribution is 2.12. The van der Waals surface area contributed by atoms with Crippen molar-refractivity contribution in [2.45, 2.75) is 31.2 Å². The van der Waals surface area contributed by atoms with E-state index in [4.69, 9.17) is 0 Å². The van der Waals surface area contributed by atoms with Crippen LogP contribution in [-0.4, -0.2) is 45.0 Å². The lowest BCUT2D eigenvalue weighted by Crippen LogP contribution is -2.49. The maximum absolute atomic E-state index is 13.5. The van der Waals surface area contributed by atoms with E-state index in [2.05, 4.69) is 10.1 Å². The summed E-state index contributed by atoms with van der Waals surface area (Å²) in [6, 6.07) is 3.86. The minimum absolute atomic E-state index is 0.563. The summed E-state index contributed by atoms with van der Waals surface area (Å²) in [5, 5.41) is 4.41. The number of carbonyl (C=O) groups is 3. The van der Waals surface area contributed by atoms with Crippen LogP contribution < -0.4 is 15.4 Å². The largest absolute Gasteiger partial charge is 0.455 e. The summed E-state index contributed by atoms with van der Waals surface area (Å²) in [4.78, 5) is 33.8. The quantitative estimate of drug-likeness (QED) is 0.599. The lowest BCUT2D eigenvalue weighted by atomic mass is 10.1. The number of imide groups is 1. The lowest BCUT2D eigenvalue weighted by Gasteiger charge is -2.20. The molecule has 9 nitrogen and oxygen atoms in total. The Morgan fingerprint density at radius 1 is 1.15 bits per heavy atom. The number of nitrogens with one attached hydrogen (secondary N) is 3. The van der Waals surface area contributed by atoms with Gasteiger partial charge in [-0.2, -0.15) is 4.72 Å². The monoisotopic (exact) mass is 389 g/mol. The molecule has 0 aliphatic rings. The molecular formula is C15H20FN3O6S. The van der Waals surface area contributed by atoms with Crippen LogP contribution in [0.5, 0.6) is 0 Å². The molecular weight excluding hydrogens is 369 g/mol. The van der Waals surface area contributed by atoms with Crippen LogP contribution in [0.3, 0.4) is 0 Å². The SMILES string of the molecule is CC(C)(C)NC(=O)NC(=O)COC(=O)CNS(=O)(=O)c1ccccc1F. The van der Waals surface area contributed by atoms with Crippen molar-refractivity contribution in [3.8, 4) is 0 Å². The molecule has 3 amide bonds. The van der Waals surface area contributed by atoms with Crippen molar-refractivity contribution < 1.29 is 31.9 Å². The van der Waals surface area contributed by atoms with Gasteiger partial charge in [0.25, 0.3) is 5.91 Å². The predicted octanol–water partition coefficient (Wildman–Crippen LogP) is 0.272. The number of ether oxygens (including phenoxy) is 1. The Hall–Kier alpha value is -2.53. The predicted molar refractivity (Wildman–Crippen MR) is 89.0 cm³/mol. The second-order valence-corrected chi connectivity index (χ2v) is 7.90. The van der Waals surface area contributed by atoms with Crippen LogP contribution in [0.15, 0.2) is 29.2 Å². The van der Waals surface area contributed by atoms with Gasteiger partial charge in [0.15, 0.2) is 6.61 Å². The van der Waals surface area contributed by atoms with Gasteiger partial charge in [-0.3, -0.25) is 14.9 Å². The van der Waals surface area contributed by atoms with Gasteiger partial charge in [-0.15, -0.1) is 0 Å². The molecule has 11 heteroatoms. The zero-order chi connectivity index (χ0) is 20.0. The number of hydrogen-bond donors (Lipinski definition) is 3. The molecule has 0 saturated heterocycles. The minimum Gasteiger partial charge on any atom is -0.455 e. The van der Waals surface area contributed by atoms with E-state index in [-0.39, 0.29) is 0 Å². The van der Waals surface area contributed by atoms with Crippen LogP contribution in [0.4, 0.5) is 9.18 Å². The number of amides is 3. The van der Waals surface area contributed by atoms with E-state index in [0.29, 0.717) is 0 Å². The van der Waals surface area contributed by atoms with Crippen molar-refractivity contribution in [3.63, 3.8) is 0 Å². The first-order valence-corrected chi connectivity index (χ1v) is 8.91. The van der Waals surface area contributed by atoms with Crippen molar-refractivity contribution in [1.82, 2.24) is 15.4 Å². The summed E-state index contributed by atoms with van der Waals surface area (Å²) < 4.78 is 43.6. The third-order valence-corrected chi connectivity index (χ3v) is 4.07. The topological polar surface area (TPSA) is 131 Å². The normalized spacial score (nSPS) is 11.5. The molecule has 0 atom stereocenters. The molecule has 0 aromatic heterocycles. The molecule has 0 spiro atoms. The van der Waals surface area contributed by atoms with Gasteiger partial charge in [0.1, 0.15) is 17.3 Å². The maximum atomic E-state index is 13.5. The summed E-state index contributed by atoms with van der Waals surface area (Å²) in [5.74, 6) is -2.94. The first-order valence-electron chi connectivity index (χ1n) is 7.42. The number of esters is 1. The van der Waals surface area contributed by atoms with Gasteiger partial charge in [-0.05, 0) is 32.9 Å². The van der Waals surface area contributed by atoms with E-state index in [9.17, 15) is 27.2 Å². The maximum Gasteiger partial charge on any atom is 0.321 e. The Morgan fingerprint density at radius 2 is 1.77 bits per heavy atom. The van der Waals surface area contributed by atoms with E-state index in [1.165, 1.54) is 12.1 Å². The zero-order valence-corrected chi connectivity index (χ0v) is 15.3. The summed E-state index contributed by atoms with van der Waals surface area (Å²) >= 11 is 0. The molecule has 0 heterocycles. The summed E-state index contributed by atoms with van der Waals surface area (Å²) in [6.07, 6.45) is 0. The number of halogens is 1. The molecule has 0 bridgehead atoms. The Labute approximate surface area is 150 Å². The highest BCUT2D eigenvalue weighted by Gasteiger charge is 2.20. The van der Waals surface area contributed by atoms with Gasteiger partial charge in [-0.25, -0.2) is 17.6 Å². The van der Waals surface area contributed by atoms with E-state index >= 15 is 0 Å². The van der Waals surface area contributed by atoms with Crippen molar-refractivity contribution in [3.05, 3.63) is 30.1 Å². The Morgan fingerprint density at radius 3 is 2.35 bits per heavy atom. The number of sulfonamides is 1. The third kappa shape index (κ3) is 7.57. The molecule has 0 aliphatic heterocycles. The first-order chi connectivity index (χ1) is 11.9. The molecule has 0 aliphatic carbocycles. The fraction of sp³-hybridized carbons (Fsp3) is 0.400. The summed E-state index contributed by atoms with van der Waals surface area (Å²) in [6.45, 7) is 3.53. The first kappa shape index (κ1) is 21.5. The Kier molecular flexibility index (Phi) is 7.21. The molecule has 0 saturated carbocycles. The molecule has 26 heavy (non-hydrogen) atoms. The fourth-order valence-electron chi connectivity index (χ4n) is 1.63. The van der Waals surface area contributed by atoms with Crippen molar-refractivity contribution in [2.24, 2.45) is 0 Å². The highest BCUT2D eigenvalue weighted by atomic mass is 32.2. The van der Waals surface area contributed by atoms with Crippen LogP contribution in [0.1, 0.15) is 20.8 Å². The van der Waals surface area contributed by atoms with E-state index in [1.807, 2.05) is 10.0 Å². The fourth-order valence-corrected chi connectivity index (χ4v) is 2.67. The van der Waals surface area contributed by atoms with Crippen molar-refractivity contribution in [1.29, 1.82) is 0 Å². The lowest BCUT2D eigenvalue weighted by molar-refractivity contribution is -0.147. The molecule has 0 fully saturated rings. The second-order valence-electron chi connectivity index (χ2n) is 6.17. The van der Waals surface area contributed by atoms with E-state index < -0.39 is 57.3 Å². The summed E-state index contributed by atoms with van der Waals surface area (Å²) in [7, 11) is -4.25. The number of hydrogen-bond acceptors (Lipinski definition) is 6. The number of rotatable bonds is 6. The van der Waals surface area contributed by atoms with Crippen LogP contribution in [0.25, 0.3) is 0 Å². The average Bonchev–Trinajstić information content (AvgIpc) is 2.49. The van der Waals surface area contributed by atoms with Crippen LogP contribution in [-0.2, 0) is 24.3 Å². The molecule has 144 valence electrons. The number of benzene rings is 1. The molecule has 0 unspecified atom stereocenters. The molecule has 1 rings (SSSR count). The zero-order valence-electron chi connectivity index (χ0n) is 14.5. The average molecular weight is 389 g/mol. The summed E-state index contributed by atoms with van der Waals surface area (Å²) in [5.41, 5.74) is -0.563. The molecule has 0 radical (unpaired) electrons. The van der Waals surface area contributed by atoms with Gasteiger partial charge in [-0.1, -0.05) is 12.1 Å². The van der Waals surface area contributed by atoms with Crippen molar-refractivity contribution >= 4 is 27.9 Å². The van der Waals surface area contributed by atoms with E-state index in [1.54, 1.807) is 20.8 Å². The number of urea groups is 1. The standard InChI is InChI=1S/C15H20FN3O6S/c1-15(2,3)19-14(22)18-12(20)9-25-13(21)8-17-26(23,24)11-7-5-4-6-10(11)16/h4-7,17H,8-9H2,1-3H3,(H2,18,19,20,22). The number of carbonyl (C=O) groups excluding carboxylic acids is 3. The Balaban J connectivity index is 2.44. The van der Waals surface area contributed by atoms with Gasteiger partial charge in [0.2, 0.25) is 10.0 Å². The molecule has 1 aromatic rings. The van der Waals surface area contributed by atoms with Crippen molar-refractivity contribution in [2.75, 3.05) is 13.2 Å². The minimum atomic E-state index is -4.25. The van der Waals surface area contributed by atoms with Crippen LogP contribution in [0.2, 0.25) is 0 Å². The van der Waals surface area contributed by atoms with E-state index in [0.717, 1.165) is 12.1 Å². The van der Waals surface area contributed by atoms with Gasteiger partial charge >= 0.3 is 12.0 Å². The van der Waals surface area contributed by atoms with Crippen LogP contribution in [0, 0.1) is 5.82 Å². The highest BCUT2D eigenvalue weighted by molar-refractivity contribution is 7.89. The molecule has 1 aromatic carbocycles.